The molecule has 0 aromatic heterocycles. The molecule has 22 heteroatoms. The molecule has 0 atom stereocenters. The second-order valence-corrected chi connectivity index (χ2v) is 15.8. The molecule has 0 fully saturated rings. The highest BCUT2D eigenvalue weighted by atomic mass is 32.2. The first kappa shape index (κ1) is 40.7. The van der Waals surface area contributed by atoms with Crippen molar-refractivity contribution in [3.63, 3.8) is 0 Å². The van der Waals surface area contributed by atoms with Crippen molar-refractivity contribution < 1.29 is 84.3 Å². The van der Waals surface area contributed by atoms with E-state index in [1.165, 1.54) is 0 Å². The topological polar surface area (TPSA) is 71.1 Å². The molecule has 0 bridgehead atoms. The molecule has 0 amide bonds. The van der Waals surface area contributed by atoms with Gasteiger partial charge in [0.1, 0.15) is 0 Å². The van der Waals surface area contributed by atoms with Gasteiger partial charge in [-0.3, -0.25) is 9.13 Å². The summed E-state index contributed by atoms with van der Waals surface area (Å²) in [5, 5.41) is -6.85. The molecule has 0 saturated carbocycles. The molecule has 0 heterocycles. The molecule has 0 aliphatic rings. The molecule has 0 radical (unpaired) electrons. The monoisotopic (exact) mass is 694 g/mol. The highest BCUT2D eigenvalue weighted by molar-refractivity contribution is 8.13. The second-order valence-electron chi connectivity index (χ2n) is 9.45. The Kier molecular flexibility index (Phi) is 12.9. The summed E-state index contributed by atoms with van der Waals surface area (Å²) in [6.45, 7) is 8.53. The largest absolute Gasteiger partial charge is 0.460 e. The fourth-order valence-corrected chi connectivity index (χ4v) is 10.6. The summed E-state index contributed by atoms with van der Waals surface area (Å²) in [4.78, 5) is 0. The van der Waals surface area contributed by atoms with Crippen molar-refractivity contribution in [1.82, 2.24) is 0 Å². The Morgan fingerprint density at radius 2 is 0.707 bits per heavy atom. The fourth-order valence-electron chi connectivity index (χ4n) is 2.70. The number of rotatable bonds is 16. The molecule has 0 aromatic carbocycles. The van der Waals surface area contributed by atoms with Gasteiger partial charge in [0.05, 0.1) is 24.4 Å². The van der Waals surface area contributed by atoms with Crippen LogP contribution in [0.5, 0.6) is 0 Å². The predicted molar refractivity (Wildman–Crippen MR) is 122 cm³/mol. The van der Waals surface area contributed by atoms with Crippen LogP contribution in [0.4, 0.5) is 57.1 Å². The molecule has 0 unspecified atom stereocenters. The van der Waals surface area contributed by atoms with E-state index < -0.39 is 91.2 Å². The molecule has 0 aromatic rings. The molecular formula is C19H29F13O6P2S. The van der Waals surface area contributed by atoms with Gasteiger partial charge >= 0.3 is 50.3 Å². The predicted octanol–water partition coefficient (Wildman–Crippen LogP) is 9.79. The van der Waals surface area contributed by atoms with Gasteiger partial charge in [0.2, 0.25) is 4.73 Å². The minimum atomic E-state index is -8.17. The molecule has 0 aliphatic carbocycles. The summed E-state index contributed by atoms with van der Waals surface area (Å²) in [6, 6.07) is 0. The number of hydrogen-bond acceptors (Lipinski definition) is 7. The quantitative estimate of drug-likeness (QED) is 0.118. The lowest BCUT2D eigenvalue weighted by molar-refractivity contribution is -0.433. The van der Waals surface area contributed by atoms with Crippen LogP contribution in [-0.4, -0.2) is 64.3 Å². The van der Waals surface area contributed by atoms with Gasteiger partial charge in [0.15, 0.2) is 0 Å². The van der Waals surface area contributed by atoms with Gasteiger partial charge in [-0.05, 0) is 55.4 Å². The Labute approximate surface area is 231 Å². The summed E-state index contributed by atoms with van der Waals surface area (Å²) >= 11 is -2.05. The molecular weight excluding hydrogens is 665 g/mol. The van der Waals surface area contributed by atoms with Crippen LogP contribution in [0, 0.1) is 0 Å². The lowest BCUT2D eigenvalue weighted by Gasteiger charge is -2.41. The number of hydrogen-bond donors (Lipinski definition) is 0. The summed E-state index contributed by atoms with van der Waals surface area (Å²) in [7, 11) is -11.2. The SMILES string of the molecule is CC(C)OP(=O)(OC(C)C)C(SC(F)(F)C(F)(F)C(F)(F)C(F)(F)C(F)(F)C(F)(F)F)P(=O)(OC(C)C)OC(C)C. The van der Waals surface area contributed by atoms with E-state index in [0.29, 0.717) is 0 Å². The zero-order valence-electron chi connectivity index (χ0n) is 22.6. The van der Waals surface area contributed by atoms with Gasteiger partial charge < -0.3 is 18.1 Å². The molecule has 0 N–H and O–H groups in total. The Hall–Kier alpha value is -0.260. The van der Waals surface area contributed by atoms with Crippen LogP contribution in [0.15, 0.2) is 0 Å². The van der Waals surface area contributed by atoms with Gasteiger partial charge in [-0.2, -0.15) is 57.1 Å². The van der Waals surface area contributed by atoms with Crippen LogP contribution in [-0.2, 0) is 27.2 Å². The van der Waals surface area contributed by atoms with E-state index in [4.69, 9.17) is 18.1 Å². The minimum Gasteiger partial charge on any atom is -0.305 e. The first-order valence-electron chi connectivity index (χ1n) is 11.3. The lowest BCUT2D eigenvalue weighted by atomic mass is 9.98. The number of alkyl halides is 13. The molecule has 248 valence electrons. The normalized spacial score (nSPS) is 15.8. The third-order valence-corrected chi connectivity index (χ3v) is 12.7. The summed E-state index contributed by atoms with van der Waals surface area (Å²) in [5.41, 5.74) is 0. The van der Waals surface area contributed by atoms with Crippen LogP contribution >= 0.6 is 27.0 Å². The summed E-state index contributed by atoms with van der Waals surface area (Å²) < 4.78 is 222. The van der Waals surface area contributed by atoms with E-state index in [-0.39, 0.29) is 0 Å². The average Bonchev–Trinajstić information content (AvgIpc) is 2.67. The Morgan fingerprint density at radius 3 is 0.927 bits per heavy atom. The zero-order valence-corrected chi connectivity index (χ0v) is 25.2. The highest BCUT2D eigenvalue weighted by Crippen LogP contribution is 2.78. The van der Waals surface area contributed by atoms with Crippen molar-refractivity contribution in [2.75, 3.05) is 0 Å². The van der Waals surface area contributed by atoms with E-state index >= 15 is 0 Å². The van der Waals surface area contributed by atoms with Crippen LogP contribution < -0.4 is 0 Å². The third-order valence-electron chi connectivity index (χ3n) is 4.13. The summed E-state index contributed by atoms with van der Waals surface area (Å²) in [5.74, 6) is -32.0. The zero-order chi connectivity index (χ0) is 33.4. The Bertz CT molecular complexity index is 908. The number of thioether (sulfide) groups is 1. The van der Waals surface area contributed by atoms with Gasteiger partial charge in [-0.15, -0.1) is 0 Å². The van der Waals surface area contributed by atoms with Crippen molar-refractivity contribution in [3.05, 3.63) is 0 Å². The maximum atomic E-state index is 15.0. The molecule has 0 saturated heterocycles. The van der Waals surface area contributed by atoms with E-state index in [0.717, 1.165) is 55.4 Å². The van der Waals surface area contributed by atoms with E-state index in [1.807, 2.05) is 0 Å². The van der Waals surface area contributed by atoms with Gasteiger partial charge in [-0.25, -0.2) is 0 Å². The Balaban J connectivity index is 7.45. The lowest BCUT2D eigenvalue weighted by Crippen LogP contribution is -2.69. The van der Waals surface area contributed by atoms with Crippen LogP contribution in [0.3, 0.4) is 0 Å². The molecule has 0 aliphatic heterocycles. The highest BCUT2D eigenvalue weighted by Gasteiger charge is 2.91. The Morgan fingerprint density at radius 1 is 0.463 bits per heavy atom. The minimum absolute atomic E-state index is 1.07. The number of halogens is 13. The fraction of sp³-hybridized carbons (Fsp3) is 1.00. The second kappa shape index (κ2) is 13.0. The standard InChI is InChI=1S/C19H29F13O6P2S/c1-9(2)35-39(33,36-10(3)4)13(40(34,37-11(5)6)38-12(7)8)41-19(31,32)17(26,27)15(22,23)14(20,21)16(24,25)18(28,29)30/h9-13H,1-8H3. The van der Waals surface area contributed by atoms with Crippen molar-refractivity contribution in [3.8, 4) is 0 Å². The third kappa shape index (κ3) is 8.47. The van der Waals surface area contributed by atoms with E-state index in [1.54, 1.807) is 0 Å². The van der Waals surface area contributed by atoms with E-state index in [9.17, 15) is 66.2 Å². The maximum absolute atomic E-state index is 15.0. The van der Waals surface area contributed by atoms with Gasteiger partial charge in [-0.1, -0.05) is 11.8 Å². The smallest absolute Gasteiger partial charge is 0.305 e. The van der Waals surface area contributed by atoms with Gasteiger partial charge in [0.25, 0.3) is 0 Å². The van der Waals surface area contributed by atoms with Crippen LogP contribution in [0.25, 0.3) is 0 Å². The summed E-state index contributed by atoms with van der Waals surface area (Å²) in [6.07, 6.45) is -13.0. The molecule has 41 heavy (non-hydrogen) atoms. The van der Waals surface area contributed by atoms with Crippen molar-refractivity contribution in [2.24, 2.45) is 0 Å². The molecule has 0 spiro atoms. The molecule has 0 rings (SSSR count). The van der Waals surface area contributed by atoms with Gasteiger partial charge in [0, 0.05) is 0 Å². The first-order valence-corrected chi connectivity index (χ1v) is 15.4. The van der Waals surface area contributed by atoms with Crippen LogP contribution in [0.2, 0.25) is 0 Å². The van der Waals surface area contributed by atoms with Crippen molar-refractivity contribution in [1.29, 1.82) is 0 Å². The first-order chi connectivity index (χ1) is 17.8. The maximum Gasteiger partial charge on any atom is 0.460 e. The average molecular weight is 694 g/mol. The van der Waals surface area contributed by atoms with E-state index in [2.05, 4.69) is 0 Å². The molecule has 6 nitrogen and oxygen atoms in total. The van der Waals surface area contributed by atoms with Crippen molar-refractivity contribution in [2.45, 2.75) is 120 Å². The van der Waals surface area contributed by atoms with Crippen LogP contribution in [0.1, 0.15) is 55.4 Å². The van der Waals surface area contributed by atoms with Crippen molar-refractivity contribution >= 4 is 27.0 Å².